The smallest absolute Gasteiger partial charge is 0.0991 e. The molecule has 0 saturated carbocycles. The molecule has 0 saturated heterocycles. The minimum Gasteiger partial charge on any atom is -0.399 e. The molecule has 2 rings (SSSR count). The Hall–Kier alpha value is -2.31. The van der Waals surface area contributed by atoms with Crippen molar-refractivity contribution in [1.29, 1.82) is 5.26 Å². The van der Waals surface area contributed by atoms with E-state index in [2.05, 4.69) is 43.0 Å². The van der Waals surface area contributed by atoms with E-state index in [0.717, 1.165) is 24.3 Å². The molecular weight excluding hydrogens is 258 g/mol. The quantitative estimate of drug-likeness (QED) is 0.852. The average molecular weight is 279 g/mol. The van der Waals surface area contributed by atoms with Crippen LogP contribution in [0.1, 0.15) is 30.5 Å². The number of anilines is 1. The Bertz CT molecular complexity index is 624. The van der Waals surface area contributed by atoms with Crippen LogP contribution in [0.5, 0.6) is 0 Å². The van der Waals surface area contributed by atoms with E-state index in [0.29, 0.717) is 11.6 Å². The minimum absolute atomic E-state index is 0.424. The van der Waals surface area contributed by atoms with Gasteiger partial charge in [0, 0.05) is 24.8 Å². The maximum atomic E-state index is 8.99. The largest absolute Gasteiger partial charge is 0.399 e. The SMILES string of the molecule is CC(C)N(Cc1ccc(N)cc1)Cc1cccc(C#N)c1. The lowest BCUT2D eigenvalue weighted by Gasteiger charge is -2.26. The van der Waals surface area contributed by atoms with Crippen molar-refractivity contribution < 1.29 is 0 Å². The van der Waals surface area contributed by atoms with Crippen LogP contribution >= 0.6 is 0 Å². The van der Waals surface area contributed by atoms with Crippen LogP contribution in [0, 0.1) is 11.3 Å². The van der Waals surface area contributed by atoms with Gasteiger partial charge in [-0.1, -0.05) is 24.3 Å². The second-order valence-corrected chi connectivity index (χ2v) is 5.55. The number of hydrogen-bond acceptors (Lipinski definition) is 3. The first-order valence-electron chi connectivity index (χ1n) is 7.16. The number of nitriles is 1. The van der Waals surface area contributed by atoms with Crippen LogP contribution in [0.4, 0.5) is 5.69 Å². The average Bonchev–Trinajstić information content (AvgIpc) is 2.49. The van der Waals surface area contributed by atoms with E-state index >= 15 is 0 Å². The normalized spacial score (nSPS) is 10.8. The standard InChI is InChI=1S/C18H21N3/c1-14(2)21(12-15-6-8-18(20)9-7-15)13-17-5-3-4-16(10-17)11-19/h3-10,14H,12-13,20H2,1-2H3. The highest BCUT2D eigenvalue weighted by molar-refractivity contribution is 5.39. The van der Waals surface area contributed by atoms with Crippen LogP contribution in [0.15, 0.2) is 48.5 Å². The lowest BCUT2D eigenvalue weighted by molar-refractivity contribution is 0.203. The highest BCUT2D eigenvalue weighted by Crippen LogP contribution is 2.15. The van der Waals surface area contributed by atoms with Crippen molar-refractivity contribution in [2.24, 2.45) is 0 Å². The Labute approximate surface area is 126 Å². The number of nitrogens with zero attached hydrogens (tertiary/aromatic N) is 2. The summed E-state index contributed by atoms with van der Waals surface area (Å²) >= 11 is 0. The summed E-state index contributed by atoms with van der Waals surface area (Å²) in [6.45, 7) is 6.07. The maximum absolute atomic E-state index is 8.99. The number of nitrogens with two attached hydrogens (primary N) is 1. The van der Waals surface area contributed by atoms with Gasteiger partial charge in [0.05, 0.1) is 11.6 Å². The summed E-state index contributed by atoms with van der Waals surface area (Å²) in [5.74, 6) is 0. The highest BCUT2D eigenvalue weighted by atomic mass is 15.1. The molecule has 0 heterocycles. The first-order valence-corrected chi connectivity index (χ1v) is 7.16. The molecule has 0 unspecified atom stereocenters. The van der Waals surface area contributed by atoms with Crippen molar-refractivity contribution in [2.75, 3.05) is 5.73 Å². The topological polar surface area (TPSA) is 53.0 Å². The van der Waals surface area contributed by atoms with Crippen molar-refractivity contribution in [2.45, 2.75) is 33.0 Å². The van der Waals surface area contributed by atoms with E-state index in [1.165, 1.54) is 5.56 Å². The van der Waals surface area contributed by atoms with Crippen LogP contribution in [0.25, 0.3) is 0 Å². The number of rotatable bonds is 5. The summed E-state index contributed by atoms with van der Waals surface area (Å²) in [5.41, 5.74) is 9.64. The third-order valence-corrected chi connectivity index (χ3v) is 3.54. The molecule has 21 heavy (non-hydrogen) atoms. The first kappa shape index (κ1) is 15.1. The van der Waals surface area contributed by atoms with Crippen molar-refractivity contribution in [1.82, 2.24) is 4.90 Å². The van der Waals surface area contributed by atoms with Gasteiger partial charge in [0.25, 0.3) is 0 Å². The second kappa shape index (κ2) is 6.92. The molecule has 0 amide bonds. The van der Waals surface area contributed by atoms with Crippen LogP contribution in [-0.2, 0) is 13.1 Å². The molecule has 2 aromatic rings. The molecule has 2 N–H and O–H groups in total. The van der Waals surface area contributed by atoms with Crippen molar-refractivity contribution >= 4 is 5.69 Å². The molecule has 0 aliphatic heterocycles. The monoisotopic (exact) mass is 279 g/mol. The Kier molecular flexibility index (Phi) is 4.97. The van der Waals surface area contributed by atoms with Crippen LogP contribution < -0.4 is 5.73 Å². The third kappa shape index (κ3) is 4.34. The third-order valence-electron chi connectivity index (χ3n) is 3.54. The summed E-state index contributed by atoms with van der Waals surface area (Å²) < 4.78 is 0. The lowest BCUT2D eigenvalue weighted by atomic mass is 10.1. The maximum Gasteiger partial charge on any atom is 0.0991 e. The molecule has 0 radical (unpaired) electrons. The molecule has 0 spiro atoms. The van der Waals surface area contributed by atoms with E-state index in [9.17, 15) is 0 Å². The van der Waals surface area contributed by atoms with E-state index in [1.54, 1.807) is 0 Å². The number of nitrogen functional groups attached to an aromatic ring is 1. The number of benzene rings is 2. The zero-order valence-corrected chi connectivity index (χ0v) is 12.6. The van der Waals surface area contributed by atoms with E-state index in [1.807, 2.05) is 30.3 Å². The van der Waals surface area contributed by atoms with Crippen LogP contribution in [0.3, 0.4) is 0 Å². The predicted octanol–water partition coefficient (Wildman–Crippen LogP) is 3.55. The second-order valence-electron chi connectivity index (χ2n) is 5.55. The summed E-state index contributed by atoms with van der Waals surface area (Å²) in [4.78, 5) is 2.38. The Morgan fingerprint density at radius 2 is 1.71 bits per heavy atom. The van der Waals surface area contributed by atoms with Crippen LogP contribution in [-0.4, -0.2) is 10.9 Å². The van der Waals surface area contributed by atoms with Crippen molar-refractivity contribution in [3.8, 4) is 6.07 Å². The molecule has 0 fully saturated rings. The van der Waals surface area contributed by atoms with Gasteiger partial charge < -0.3 is 5.73 Å². The summed E-state index contributed by atoms with van der Waals surface area (Å²) in [7, 11) is 0. The molecule has 0 aromatic heterocycles. The van der Waals surface area contributed by atoms with Gasteiger partial charge in [0.1, 0.15) is 0 Å². The van der Waals surface area contributed by atoms with Gasteiger partial charge in [-0.25, -0.2) is 0 Å². The van der Waals surface area contributed by atoms with E-state index in [-0.39, 0.29) is 0 Å². The lowest BCUT2D eigenvalue weighted by Crippen LogP contribution is -2.29. The van der Waals surface area contributed by atoms with Gasteiger partial charge in [-0.3, -0.25) is 4.90 Å². The summed E-state index contributed by atoms with van der Waals surface area (Å²) in [6.07, 6.45) is 0. The van der Waals surface area contributed by atoms with Gasteiger partial charge >= 0.3 is 0 Å². The number of hydrogen-bond donors (Lipinski definition) is 1. The Morgan fingerprint density at radius 1 is 1.05 bits per heavy atom. The van der Waals surface area contributed by atoms with Gasteiger partial charge in [-0.05, 0) is 49.2 Å². The molecule has 2 aromatic carbocycles. The van der Waals surface area contributed by atoms with Gasteiger partial charge in [-0.2, -0.15) is 5.26 Å². The summed E-state index contributed by atoms with van der Waals surface area (Å²) in [6, 6.07) is 18.4. The molecule has 3 heteroatoms. The Balaban J connectivity index is 2.12. The molecule has 0 aliphatic rings. The highest BCUT2D eigenvalue weighted by Gasteiger charge is 2.11. The zero-order chi connectivity index (χ0) is 15.2. The molecule has 0 aliphatic carbocycles. The zero-order valence-electron chi connectivity index (χ0n) is 12.6. The fourth-order valence-electron chi connectivity index (χ4n) is 2.25. The molecular formula is C18H21N3. The molecule has 3 nitrogen and oxygen atoms in total. The van der Waals surface area contributed by atoms with Crippen LogP contribution in [0.2, 0.25) is 0 Å². The van der Waals surface area contributed by atoms with E-state index in [4.69, 9.17) is 11.0 Å². The van der Waals surface area contributed by atoms with Gasteiger partial charge in [0.2, 0.25) is 0 Å². The fraction of sp³-hybridized carbons (Fsp3) is 0.278. The van der Waals surface area contributed by atoms with Gasteiger partial charge in [0.15, 0.2) is 0 Å². The predicted molar refractivity (Wildman–Crippen MR) is 86.4 cm³/mol. The Morgan fingerprint density at radius 3 is 2.33 bits per heavy atom. The first-order chi connectivity index (χ1) is 10.1. The van der Waals surface area contributed by atoms with Crippen molar-refractivity contribution in [3.05, 3.63) is 65.2 Å². The van der Waals surface area contributed by atoms with E-state index < -0.39 is 0 Å². The summed E-state index contributed by atoms with van der Waals surface area (Å²) in [5, 5.41) is 8.99. The molecule has 0 bridgehead atoms. The van der Waals surface area contributed by atoms with Crippen molar-refractivity contribution in [3.63, 3.8) is 0 Å². The molecule has 108 valence electrons. The van der Waals surface area contributed by atoms with Gasteiger partial charge in [-0.15, -0.1) is 0 Å². The molecule has 0 atom stereocenters. The minimum atomic E-state index is 0.424. The fourth-order valence-corrected chi connectivity index (χ4v) is 2.25.